The van der Waals surface area contributed by atoms with Crippen molar-refractivity contribution in [1.29, 1.82) is 0 Å². The predicted octanol–water partition coefficient (Wildman–Crippen LogP) is 2.77. The van der Waals surface area contributed by atoms with Gasteiger partial charge in [0.05, 0.1) is 5.56 Å². The Hall–Kier alpha value is -1.32. The summed E-state index contributed by atoms with van der Waals surface area (Å²) < 4.78 is 0. The van der Waals surface area contributed by atoms with Gasteiger partial charge >= 0.3 is 5.97 Å². The van der Waals surface area contributed by atoms with Gasteiger partial charge in [0.1, 0.15) is 0 Å². The molecule has 0 amide bonds. The Balaban J connectivity index is 0.00000225. The highest BCUT2D eigenvalue weighted by atomic mass is 35.5. The van der Waals surface area contributed by atoms with Gasteiger partial charge in [-0.15, -0.1) is 19.0 Å². The maximum atomic E-state index is 10.9. The molecule has 1 rings (SSSR count). The number of hydrogen-bond donors (Lipinski definition) is 2. The van der Waals surface area contributed by atoms with Crippen molar-refractivity contribution < 1.29 is 9.90 Å². The van der Waals surface area contributed by atoms with E-state index in [2.05, 4.69) is 6.58 Å². The van der Waals surface area contributed by atoms with E-state index >= 15 is 0 Å². The van der Waals surface area contributed by atoms with Crippen molar-refractivity contribution in [1.82, 2.24) is 0 Å². The fourth-order valence-corrected chi connectivity index (χ4v) is 1.47. The van der Waals surface area contributed by atoms with Crippen LogP contribution < -0.4 is 5.73 Å². The monoisotopic (exact) mass is 241 g/mol. The minimum absolute atomic E-state index is 0. The van der Waals surface area contributed by atoms with E-state index in [4.69, 9.17) is 10.8 Å². The van der Waals surface area contributed by atoms with Crippen LogP contribution in [0.5, 0.6) is 0 Å². The molecule has 0 heterocycles. The maximum Gasteiger partial charge on any atom is 0.336 e. The summed E-state index contributed by atoms with van der Waals surface area (Å²) in [5.41, 5.74) is 6.88. The Morgan fingerprint density at radius 2 is 2.12 bits per heavy atom. The molecule has 88 valence electrons. The second-order valence-electron chi connectivity index (χ2n) is 3.36. The number of carboxylic acids is 1. The third-order valence-electron chi connectivity index (χ3n) is 2.27. The summed E-state index contributed by atoms with van der Waals surface area (Å²) in [6.45, 7) is 3.61. The molecule has 0 aliphatic heterocycles. The van der Waals surface area contributed by atoms with Crippen molar-refractivity contribution in [2.24, 2.45) is 5.73 Å². The van der Waals surface area contributed by atoms with E-state index in [0.29, 0.717) is 12.0 Å². The van der Waals surface area contributed by atoms with Crippen LogP contribution in [0.1, 0.15) is 34.8 Å². The molecule has 0 unspecified atom stereocenters. The van der Waals surface area contributed by atoms with Crippen LogP contribution in [0.2, 0.25) is 0 Å². The number of carbonyl (C=O) groups is 1. The zero-order chi connectivity index (χ0) is 11.3. The quantitative estimate of drug-likeness (QED) is 0.780. The number of aromatic carboxylic acids is 1. The lowest BCUT2D eigenvalue weighted by Gasteiger charge is -2.13. The first-order chi connectivity index (χ1) is 7.16. The van der Waals surface area contributed by atoms with Crippen LogP contribution in [0.15, 0.2) is 36.9 Å². The Bertz CT molecular complexity index is 366. The van der Waals surface area contributed by atoms with E-state index in [9.17, 15) is 4.79 Å². The van der Waals surface area contributed by atoms with Crippen LogP contribution in [0.3, 0.4) is 0 Å². The van der Waals surface area contributed by atoms with Crippen molar-refractivity contribution in [2.45, 2.75) is 18.9 Å². The Morgan fingerprint density at radius 1 is 1.50 bits per heavy atom. The van der Waals surface area contributed by atoms with Gasteiger partial charge in [0, 0.05) is 6.04 Å². The molecule has 1 aromatic rings. The summed E-state index contributed by atoms with van der Waals surface area (Å²) in [6.07, 6.45) is 3.28. The van der Waals surface area contributed by atoms with Gasteiger partial charge in [-0.05, 0) is 24.5 Å². The zero-order valence-electron chi connectivity index (χ0n) is 8.93. The largest absolute Gasteiger partial charge is 0.478 e. The average molecular weight is 242 g/mol. The number of hydrogen-bond acceptors (Lipinski definition) is 2. The normalized spacial score (nSPS) is 11.3. The summed E-state index contributed by atoms with van der Waals surface area (Å²) >= 11 is 0. The third kappa shape index (κ3) is 3.68. The standard InChI is InChI=1S/C12H15NO2.ClH/c1-2-3-8-11(13)9-6-4-5-7-10(9)12(14)15;/h2,4-7,11H,1,3,8,13H2,(H,14,15);1H/t11-;/m0./s1. The van der Waals surface area contributed by atoms with Crippen molar-refractivity contribution in [3.63, 3.8) is 0 Å². The fraction of sp³-hybridized carbons (Fsp3) is 0.250. The molecule has 16 heavy (non-hydrogen) atoms. The lowest BCUT2D eigenvalue weighted by Crippen LogP contribution is -2.14. The smallest absolute Gasteiger partial charge is 0.336 e. The van der Waals surface area contributed by atoms with Crippen molar-refractivity contribution in [2.75, 3.05) is 0 Å². The molecule has 1 atom stereocenters. The lowest BCUT2D eigenvalue weighted by molar-refractivity contribution is 0.0695. The van der Waals surface area contributed by atoms with Gasteiger partial charge in [-0.3, -0.25) is 0 Å². The SMILES string of the molecule is C=CCC[C@H](N)c1ccccc1C(=O)O.Cl. The van der Waals surface area contributed by atoms with Gasteiger partial charge in [0.25, 0.3) is 0 Å². The summed E-state index contributed by atoms with van der Waals surface area (Å²) in [5.74, 6) is -0.931. The molecule has 0 saturated carbocycles. The molecule has 0 saturated heterocycles. The van der Waals surface area contributed by atoms with E-state index in [-0.39, 0.29) is 24.0 Å². The summed E-state index contributed by atoms with van der Waals surface area (Å²) in [7, 11) is 0. The molecular weight excluding hydrogens is 226 g/mol. The van der Waals surface area contributed by atoms with Crippen LogP contribution in [0.4, 0.5) is 0 Å². The summed E-state index contributed by atoms with van der Waals surface area (Å²) in [5, 5.41) is 8.96. The molecule has 1 aromatic carbocycles. The highest BCUT2D eigenvalue weighted by molar-refractivity contribution is 5.89. The first-order valence-corrected chi connectivity index (χ1v) is 4.85. The van der Waals surface area contributed by atoms with Crippen molar-refractivity contribution >= 4 is 18.4 Å². The van der Waals surface area contributed by atoms with Crippen LogP contribution in [-0.4, -0.2) is 11.1 Å². The topological polar surface area (TPSA) is 63.3 Å². The van der Waals surface area contributed by atoms with Crippen LogP contribution >= 0.6 is 12.4 Å². The Labute approximate surface area is 101 Å². The van der Waals surface area contributed by atoms with Gasteiger partial charge in [0.15, 0.2) is 0 Å². The van der Waals surface area contributed by atoms with E-state index in [1.807, 2.05) is 0 Å². The molecule has 0 aromatic heterocycles. The molecule has 0 radical (unpaired) electrons. The van der Waals surface area contributed by atoms with Crippen LogP contribution in [0, 0.1) is 0 Å². The molecule has 0 spiro atoms. The van der Waals surface area contributed by atoms with Gasteiger partial charge in [-0.25, -0.2) is 4.79 Å². The van der Waals surface area contributed by atoms with Gasteiger partial charge in [-0.2, -0.15) is 0 Å². The van der Waals surface area contributed by atoms with Gasteiger partial charge < -0.3 is 10.8 Å². The lowest BCUT2D eigenvalue weighted by atomic mass is 9.97. The second-order valence-corrected chi connectivity index (χ2v) is 3.36. The van der Waals surface area contributed by atoms with Crippen molar-refractivity contribution in [3.8, 4) is 0 Å². The number of carboxylic acid groups (broad SMARTS) is 1. The second kappa shape index (κ2) is 7.04. The predicted molar refractivity (Wildman–Crippen MR) is 67.0 cm³/mol. The third-order valence-corrected chi connectivity index (χ3v) is 2.27. The van der Waals surface area contributed by atoms with Gasteiger partial charge in [0.2, 0.25) is 0 Å². The number of halogens is 1. The molecule has 0 aliphatic carbocycles. The van der Waals surface area contributed by atoms with Crippen molar-refractivity contribution in [3.05, 3.63) is 48.0 Å². The first kappa shape index (κ1) is 14.7. The number of nitrogens with two attached hydrogens (primary N) is 1. The van der Waals surface area contributed by atoms with E-state index < -0.39 is 5.97 Å². The minimum atomic E-state index is -0.931. The maximum absolute atomic E-state index is 10.9. The first-order valence-electron chi connectivity index (χ1n) is 4.85. The molecule has 0 bridgehead atoms. The highest BCUT2D eigenvalue weighted by Crippen LogP contribution is 2.20. The Kier molecular flexibility index (Phi) is 6.46. The molecular formula is C12H16ClNO2. The van der Waals surface area contributed by atoms with E-state index in [0.717, 1.165) is 6.42 Å². The number of rotatable bonds is 5. The van der Waals surface area contributed by atoms with E-state index in [1.54, 1.807) is 30.3 Å². The average Bonchev–Trinajstić information content (AvgIpc) is 2.25. The summed E-state index contributed by atoms with van der Waals surface area (Å²) in [6, 6.07) is 6.60. The highest BCUT2D eigenvalue weighted by Gasteiger charge is 2.14. The molecule has 3 nitrogen and oxygen atoms in total. The van der Waals surface area contributed by atoms with Crippen LogP contribution in [0.25, 0.3) is 0 Å². The molecule has 0 fully saturated rings. The zero-order valence-corrected chi connectivity index (χ0v) is 9.74. The molecule has 0 aliphatic rings. The Morgan fingerprint density at radius 3 is 2.69 bits per heavy atom. The summed E-state index contributed by atoms with van der Waals surface area (Å²) in [4.78, 5) is 10.9. The molecule has 3 N–H and O–H groups in total. The fourth-order valence-electron chi connectivity index (χ4n) is 1.47. The van der Waals surface area contributed by atoms with Crippen LogP contribution in [-0.2, 0) is 0 Å². The number of allylic oxidation sites excluding steroid dienone is 1. The molecule has 4 heteroatoms. The number of benzene rings is 1. The minimum Gasteiger partial charge on any atom is -0.478 e. The van der Waals surface area contributed by atoms with Gasteiger partial charge in [-0.1, -0.05) is 24.3 Å². The van der Waals surface area contributed by atoms with E-state index in [1.165, 1.54) is 0 Å².